The van der Waals surface area contributed by atoms with Crippen LogP contribution >= 0.6 is 0 Å². The third-order valence-electron chi connectivity index (χ3n) is 5.52. The van der Waals surface area contributed by atoms with E-state index in [1.165, 1.54) is 18.4 Å². The number of benzene rings is 1. The van der Waals surface area contributed by atoms with Gasteiger partial charge in [0.15, 0.2) is 0 Å². The Hall–Kier alpha value is -2.17. The van der Waals surface area contributed by atoms with Crippen LogP contribution in [0.15, 0.2) is 17.7 Å². The number of nitrogens with zero attached hydrogens (tertiary/aromatic N) is 1. The second kappa shape index (κ2) is 7.83. The molecule has 148 valence electrons. The van der Waals surface area contributed by atoms with Gasteiger partial charge in [0, 0.05) is 13.1 Å². The number of ether oxygens (including phenoxy) is 2. The Balaban J connectivity index is 1.96. The van der Waals surface area contributed by atoms with Gasteiger partial charge in [-0.2, -0.15) is 0 Å². The monoisotopic (exact) mass is 372 g/mol. The Labute approximate surface area is 162 Å². The molecule has 2 aliphatic rings. The zero-order valence-electron chi connectivity index (χ0n) is 17.0. The molecule has 0 radical (unpaired) electrons. The summed E-state index contributed by atoms with van der Waals surface area (Å²) in [6.45, 7) is 10.1. The van der Waals surface area contributed by atoms with E-state index in [9.17, 15) is 5.11 Å². The van der Waals surface area contributed by atoms with E-state index >= 15 is 0 Å². The van der Waals surface area contributed by atoms with E-state index < -0.39 is 5.60 Å². The first-order valence-electron chi connectivity index (χ1n) is 10.1. The van der Waals surface area contributed by atoms with Crippen molar-refractivity contribution in [3.05, 3.63) is 28.8 Å². The van der Waals surface area contributed by atoms with Crippen LogP contribution < -0.4 is 4.74 Å². The van der Waals surface area contributed by atoms with Gasteiger partial charge in [-0.1, -0.05) is 19.8 Å². The normalized spacial score (nSPS) is 17.9. The van der Waals surface area contributed by atoms with Gasteiger partial charge in [-0.15, -0.1) is 0 Å². The lowest BCUT2D eigenvalue weighted by molar-refractivity contribution is 0.132. The summed E-state index contributed by atoms with van der Waals surface area (Å²) in [4.78, 5) is 1.93. The summed E-state index contributed by atoms with van der Waals surface area (Å²) in [5.74, 6) is 1.04. The van der Waals surface area contributed by atoms with Crippen molar-refractivity contribution in [1.82, 2.24) is 4.90 Å². The van der Waals surface area contributed by atoms with Crippen LogP contribution in [0.25, 0.3) is 5.57 Å². The first kappa shape index (κ1) is 19.6. The van der Waals surface area contributed by atoms with Crippen molar-refractivity contribution in [2.45, 2.75) is 65.4 Å². The number of rotatable bonds is 5. The molecule has 0 bridgehead atoms. The van der Waals surface area contributed by atoms with Crippen molar-refractivity contribution in [3.63, 3.8) is 0 Å². The predicted octanol–water partition coefficient (Wildman–Crippen LogP) is 4.73. The Kier molecular flexibility index (Phi) is 5.68. The fourth-order valence-corrected chi connectivity index (χ4v) is 4.16. The predicted molar refractivity (Wildman–Crippen MR) is 109 cm³/mol. The van der Waals surface area contributed by atoms with Crippen LogP contribution in [0.5, 0.6) is 11.5 Å². The highest BCUT2D eigenvalue weighted by Gasteiger charge is 2.39. The SMILES string of the molecule is CCCCCc1cc(O)c2c(c1)OC(C)(C)C1=C2CN(C(=N)OCC)CC1. The third-order valence-corrected chi connectivity index (χ3v) is 5.52. The first-order chi connectivity index (χ1) is 12.9. The van der Waals surface area contributed by atoms with E-state index in [-0.39, 0.29) is 11.8 Å². The van der Waals surface area contributed by atoms with Gasteiger partial charge in [0.25, 0.3) is 6.02 Å². The minimum absolute atomic E-state index is 0.200. The Morgan fingerprint density at radius 1 is 1.30 bits per heavy atom. The summed E-state index contributed by atoms with van der Waals surface area (Å²) < 4.78 is 11.7. The number of aryl methyl sites for hydroxylation is 1. The molecule has 2 N–H and O–H groups in total. The van der Waals surface area contributed by atoms with Crippen LogP contribution in [-0.4, -0.2) is 41.3 Å². The van der Waals surface area contributed by atoms with Crippen molar-refractivity contribution in [2.24, 2.45) is 0 Å². The Morgan fingerprint density at radius 2 is 2.07 bits per heavy atom. The smallest absolute Gasteiger partial charge is 0.284 e. The molecule has 0 amide bonds. The van der Waals surface area contributed by atoms with Gasteiger partial charge in [-0.3, -0.25) is 5.41 Å². The Bertz CT molecular complexity index is 752. The molecule has 5 nitrogen and oxygen atoms in total. The highest BCUT2D eigenvalue weighted by molar-refractivity contribution is 5.85. The molecule has 0 unspecified atom stereocenters. The van der Waals surface area contributed by atoms with E-state index in [4.69, 9.17) is 14.9 Å². The lowest BCUT2D eigenvalue weighted by atomic mass is 9.81. The maximum absolute atomic E-state index is 10.8. The van der Waals surface area contributed by atoms with Crippen LogP contribution in [0, 0.1) is 5.41 Å². The van der Waals surface area contributed by atoms with E-state index in [2.05, 4.69) is 26.8 Å². The van der Waals surface area contributed by atoms with Gasteiger partial charge in [0.2, 0.25) is 0 Å². The standard InChI is InChI=1S/C22H32N2O3/c1-5-7-8-9-15-12-18(25)20-16-14-24(21(23)26-6-2)11-10-17(16)22(3,4)27-19(20)13-15/h12-13,23,25H,5-11,14H2,1-4H3. The summed E-state index contributed by atoms with van der Waals surface area (Å²) in [6.07, 6.45) is 5.23. The molecule has 0 aliphatic carbocycles. The van der Waals surface area contributed by atoms with Crippen molar-refractivity contribution in [3.8, 4) is 11.5 Å². The number of phenols is 1. The lowest BCUT2D eigenvalue weighted by Crippen LogP contribution is -2.44. The van der Waals surface area contributed by atoms with E-state index in [0.29, 0.717) is 13.2 Å². The number of nitrogens with one attached hydrogen (secondary N) is 1. The molecule has 2 aliphatic heterocycles. The quantitative estimate of drug-likeness (QED) is 0.446. The zero-order valence-corrected chi connectivity index (χ0v) is 17.0. The number of amidine groups is 1. The number of fused-ring (bicyclic) bond motifs is 2. The molecule has 1 aromatic rings. The average molecular weight is 373 g/mol. The highest BCUT2D eigenvalue weighted by atomic mass is 16.5. The molecule has 0 atom stereocenters. The van der Waals surface area contributed by atoms with Gasteiger partial charge in [0.1, 0.15) is 17.1 Å². The minimum Gasteiger partial charge on any atom is -0.507 e. The van der Waals surface area contributed by atoms with Crippen LogP contribution in [0.4, 0.5) is 0 Å². The van der Waals surface area contributed by atoms with Crippen LogP contribution in [0.1, 0.15) is 64.5 Å². The fraction of sp³-hybridized carbons (Fsp3) is 0.591. The largest absolute Gasteiger partial charge is 0.507 e. The van der Waals surface area contributed by atoms with E-state index in [1.54, 1.807) is 0 Å². The first-order valence-corrected chi connectivity index (χ1v) is 10.1. The highest BCUT2D eigenvalue weighted by Crippen LogP contribution is 2.48. The number of phenolic OH excluding ortho intramolecular Hbond substituents is 1. The van der Waals surface area contributed by atoms with Crippen molar-refractivity contribution in [1.29, 1.82) is 5.41 Å². The summed E-state index contributed by atoms with van der Waals surface area (Å²) in [5, 5.41) is 19.0. The van der Waals surface area contributed by atoms with Crippen LogP contribution in [-0.2, 0) is 11.2 Å². The van der Waals surface area contributed by atoms with Crippen molar-refractivity contribution >= 4 is 11.6 Å². The molecule has 0 aromatic heterocycles. The maximum Gasteiger partial charge on any atom is 0.284 e. The third kappa shape index (κ3) is 3.92. The molecule has 0 saturated carbocycles. The molecule has 1 aromatic carbocycles. The molecule has 2 heterocycles. The second-order valence-electron chi connectivity index (χ2n) is 7.92. The second-order valence-corrected chi connectivity index (χ2v) is 7.92. The summed E-state index contributed by atoms with van der Waals surface area (Å²) in [7, 11) is 0. The number of unbranched alkanes of at least 4 members (excludes halogenated alkanes) is 2. The van der Waals surface area contributed by atoms with E-state index in [0.717, 1.165) is 48.3 Å². The minimum atomic E-state index is -0.406. The summed E-state index contributed by atoms with van der Waals surface area (Å²) in [6, 6.07) is 4.17. The van der Waals surface area contributed by atoms with Gasteiger partial charge in [-0.25, -0.2) is 0 Å². The lowest BCUT2D eigenvalue weighted by Gasteiger charge is -2.42. The zero-order chi connectivity index (χ0) is 19.6. The molecular weight excluding hydrogens is 340 g/mol. The summed E-state index contributed by atoms with van der Waals surface area (Å²) in [5.41, 5.74) is 3.79. The molecule has 0 spiro atoms. The molecular formula is C22H32N2O3. The molecule has 0 saturated heterocycles. The molecule has 3 rings (SSSR count). The number of hydrogen-bond acceptors (Lipinski definition) is 4. The van der Waals surface area contributed by atoms with Gasteiger partial charge < -0.3 is 19.5 Å². The van der Waals surface area contributed by atoms with Crippen molar-refractivity contribution < 1.29 is 14.6 Å². The number of hydrogen-bond donors (Lipinski definition) is 2. The summed E-state index contributed by atoms with van der Waals surface area (Å²) >= 11 is 0. The van der Waals surface area contributed by atoms with Crippen molar-refractivity contribution in [2.75, 3.05) is 19.7 Å². The average Bonchev–Trinajstić information content (AvgIpc) is 2.61. The van der Waals surface area contributed by atoms with Crippen LogP contribution in [0.2, 0.25) is 0 Å². The van der Waals surface area contributed by atoms with Gasteiger partial charge >= 0.3 is 0 Å². The van der Waals surface area contributed by atoms with Gasteiger partial charge in [-0.05, 0) is 68.9 Å². The fourth-order valence-electron chi connectivity index (χ4n) is 4.16. The number of aromatic hydroxyl groups is 1. The van der Waals surface area contributed by atoms with Gasteiger partial charge in [0.05, 0.1) is 12.2 Å². The molecule has 0 fully saturated rings. The topological polar surface area (TPSA) is 65.8 Å². The molecule has 5 heteroatoms. The van der Waals surface area contributed by atoms with E-state index in [1.807, 2.05) is 17.9 Å². The Morgan fingerprint density at radius 3 is 2.78 bits per heavy atom. The van der Waals surface area contributed by atoms with Crippen LogP contribution in [0.3, 0.4) is 0 Å². The maximum atomic E-state index is 10.8. The molecule has 27 heavy (non-hydrogen) atoms.